The van der Waals surface area contributed by atoms with Crippen molar-refractivity contribution in [2.75, 3.05) is 12.4 Å². The zero-order valence-corrected chi connectivity index (χ0v) is 13.5. The van der Waals surface area contributed by atoms with Crippen LogP contribution in [-0.2, 0) is 10.2 Å². The summed E-state index contributed by atoms with van der Waals surface area (Å²) in [5.74, 6) is 0.00772. The molecule has 0 bridgehead atoms. The normalized spacial score (nSPS) is 15.2. The summed E-state index contributed by atoms with van der Waals surface area (Å²) in [5, 5.41) is 2.89. The van der Waals surface area contributed by atoms with E-state index in [1.807, 2.05) is 24.3 Å². The van der Waals surface area contributed by atoms with E-state index < -0.39 is 11.3 Å². The quantitative estimate of drug-likeness (QED) is 0.887. The van der Waals surface area contributed by atoms with Crippen molar-refractivity contribution in [1.82, 2.24) is 0 Å². The Balaban J connectivity index is 1.95. The predicted octanol–water partition coefficient (Wildman–Crippen LogP) is 2.85. The second-order valence-electron chi connectivity index (χ2n) is 6.00. The molecule has 0 atom stereocenters. The Bertz CT molecular complexity index is 782. The number of benzene rings is 2. The number of carbonyl (C=O) groups is 2. The van der Waals surface area contributed by atoms with Gasteiger partial charge in [0.1, 0.15) is 5.75 Å². The van der Waals surface area contributed by atoms with E-state index in [-0.39, 0.29) is 5.91 Å². The summed E-state index contributed by atoms with van der Waals surface area (Å²) in [6, 6.07) is 14.4. The summed E-state index contributed by atoms with van der Waals surface area (Å²) < 4.78 is 5.44. The first kappa shape index (κ1) is 16.1. The van der Waals surface area contributed by atoms with Gasteiger partial charge < -0.3 is 15.8 Å². The molecule has 124 valence electrons. The van der Waals surface area contributed by atoms with Crippen LogP contribution in [0.1, 0.15) is 35.2 Å². The first-order valence-corrected chi connectivity index (χ1v) is 7.92. The maximum atomic E-state index is 13.0. The van der Waals surface area contributed by atoms with Crippen LogP contribution >= 0.6 is 0 Å². The molecule has 2 aromatic carbocycles. The molecule has 0 aliphatic heterocycles. The van der Waals surface area contributed by atoms with Gasteiger partial charge in [0, 0.05) is 5.56 Å². The molecule has 5 heteroatoms. The van der Waals surface area contributed by atoms with E-state index in [2.05, 4.69) is 5.32 Å². The van der Waals surface area contributed by atoms with Gasteiger partial charge in [-0.25, -0.2) is 0 Å². The molecule has 0 radical (unpaired) electrons. The minimum Gasteiger partial charge on any atom is -0.496 e. The van der Waals surface area contributed by atoms with Gasteiger partial charge in [-0.15, -0.1) is 0 Å². The van der Waals surface area contributed by atoms with E-state index in [1.54, 1.807) is 31.4 Å². The summed E-state index contributed by atoms with van der Waals surface area (Å²) in [6.07, 6.45) is 2.47. The monoisotopic (exact) mass is 324 g/mol. The molecule has 0 spiro atoms. The molecule has 0 saturated heterocycles. The highest BCUT2D eigenvalue weighted by molar-refractivity contribution is 6.06. The highest BCUT2D eigenvalue weighted by atomic mass is 16.5. The minimum atomic E-state index is -0.628. The third kappa shape index (κ3) is 2.62. The molecule has 24 heavy (non-hydrogen) atoms. The van der Waals surface area contributed by atoms with E-state index in [4.69, 9.17) is 10.5 Å². The zero-order valence-electron chi connectivity index (χ0n) is 13.5. The number of carbonyl (C=O) groups excluding carboxylic acids is 2. The topological polar surface area (TPSA) is 81.4 Å². The molecule has 0 unspecified atom stereocenters. The summed E-state index contributed by atoms with van der Waals surface area (Å²) >= 11 is 0. The molecule has 1 aliphatic carbocycles. The van der Waals surface area contributed by atoms with Crippen molar-refractivity contribution in [2.45, 2.75) is 24.7 Å². The second kappa shape index (κ2) is 6.35. The van der Waals surface area contributed by atoms with Crippen molar-refractivity contribution in [3.05, 3.63) is 59.7 Å². The smallest absolute Gasteiger partial charge is 0.250 e. The van der Waals surface area contributed by atoms with Gasteiger partial charge >= 0.3 is 0 Å². The lowest BCUT2D eigenvalue weighted by molar-refractivity contribution is -0.124. The van der Waals surface area contributed by atoms with Crippen molar-refractivity contribution in [1.29, 1.82) is 0 Å². The lowest BCUT2D eigenvalue weighted by Gasteiger charge is -2.41. The molecule has 5 nitrogen and oxygen atoms in total. The van der Waals surface area contributed by atoms with Gasteiger partial charge in [0.05, 0.1) is 23.8 Å². The van der Waals surface area contributed by atoms with Crippen LogP contribution in [0, 0.1) is 0 Å². The van der Waals surface area contributed by atoms with Crippen LogP contribution in [0.3, 0.4) is 0 Å². The van der Waals surface area contributed by atoms with Gasteiger partial charge in [0.25, 0.3) is 5.91 Å². The molecule has 3 N–H and O–H groups in total. The van der Waals surface area contributed by atoms with Gasteiger partial charge in [-0.3, -0.25) is 9.59 Å². The van der Waals surface area contributed by atoms with Crippen LogP contribution < -0.4 is 15.8 Å². The number of nitrogens with one attached hydrogen (secondary N) is 1. The molecule has 1 aliphatic rings. The fourth-order valence-electron chi connectivity index (χ4n) is 3.24. The second-order valence-corrected chi connectivity index (χ2v) is 6.00. The fraction of sp³-hybridized carbons (Fsp3) is 0.263. The van der Waals surface area contributed by atoms with Gasteiger partial charge in [-0.1, -0.05) is 36.8 Å². The maximum absolute atomic E-state index is 13.0. The molecular formula is C19H20N2O3. The van der Waals surface area contributed by atoms with E-state index in [9.17, 15) is 9.59 Å². The lowest BCUT2D eigenvalue weighted by atomic mass is 9.63. The Morgan fingerprint density at radius 1 is 1.08 bits per heavy atom. The Kier molecular flexibility index (Phi) is 4.25. The average molecular weight is 324 g/mol. The Hall–Kier alpha value is -2.82. The van der Waals surface area contributed by atoms with E-state index in [1.165, 1.54) is 0 Å². The highest BCUT2D eigenvalue weighted by Gasteiger charge is 2.47. The Morgan fingerprint density at radius 2 is 1.75 bits per heavy atom. The number of amides is 2. The van der Waals surface area contributed by atoms with Crippen LogP contribution in [0.2, 0.25) is 0 Å². The Labute approximate surface area is 140 Å². The molecule has 0 heterocycles. The van der Waals surface area contributed by atoms with Crippen molar-refractivity contribution >= 4 is 17.5 Å². The predicted molar refractivity (Wildman–Crippen MR) is 92.1 cm³/mol. The SMILES string of the molecule is COc1ccccc1C1(C(=O)Nc2ccccc2C(N)=O)CCC1. The molecular weight excluding hydrogens is 304 g/mol. The number of primary amides is 1. The van der Waals surface area contributed by atoms with Crippen LogP contribution in [0.15, 0.2) is 48.5 Å². The van der Waals surface area contributed by atoms with Crippen molar-refractivity contribution < 1.29 is 14.3 Å². The number of para-hydroxylation sites is 2. The van der Waals surface area contributed by atoms with Crippen molar-refractivity contribution in [3.63, 3.8) is 0 Å². The van der Waals surface area contributed by atoms with Crippen LogP contribution in [0.25, 0.3) is 0 Å². The van der Waals surface area contributed by atoms with E-state index >= 15 is 0 Å². The summed E-state index contributed by atoms with van der Waals surface area (Å²) in [4.78, 5) is 24.6. The first-order chi connectivity index (χ1) is 11.6. The van der Waals surface area contributed by atoms with Crippen LogP contribution in [0.5, 0.6) is 5.75 Å². The number of methoxy groups -OCH3 is 1. The van der Waals surface area contributed by atoms with Gasteiger partial charge in [0.2, 0.25) is 5.91 Å². The number of rotatable bonds is 5. The molecule has 2 amide bonds. The zero-order chi connectivity index (χ0) is 17.2. The standard InChI is InChI=1S/C19H20N2O3/c1-24-16-10-5-3-8-14(16)19(11-6-12-19)18(23)21-15-9-4-2-7-13(15)17(20)22/h2-5,7-10H,6,11-12H2,1H3,(H2,20,22)(H,21,23). The number of hydrogen-bond donors (Lipinski definition) is 2. The van der Waals surface area contributed by atoms with Gasteiger partial charge in [-0.05, 0) is 31.0 Å². The number of anilines is 1. The van der Waals surface area contributed by atoms with Crippen molar-refractivity contribution in [3.8, 4) is 5.75 Å². The summed E-state index contributed by atoms with van der Waals surface area (Å²) in [5.41, 5.74) is 6.39. The summed E-state index contributed by atoms with van der Waals surface area (Å²) in [6.45, 7) is 0. The first-order valence-electron chi connectivity index (χ1n) is 7.92. The highest BCUT2D eigenvalue weighted by Crippen LogP contribution is 2.47. The third-order valence-corrected chi connectivity index (χ3v) is 4.71. The molecule has 3 rings (SSSR count). The average Bonchev–Trinajstić information content (AvgIpc) is 2.54. The fourth-order valence-corrected chi connectivity index (χ4v) is 3.24. The van der Waals surface area contributed by atoms with Crippen LogP contribution in [-0.4, -0.2) is 18.9 Å². The lowest BCUT2D eigenvalue weighted by Crippen LogP contribution is -2.46. The number of nitrogens with two attached hydrogens (primary N) is 1. The maximum Gasteiger partial charge on any atom is 0.250 e. The molecule has 1 fully saturated rings. The van der Waals surface area contributed by atoms with Crippen LogP contribution in [0.4, 0.5) is 5.69 Å². The molecule has 0 aromatic heterocycles. The molecule has 2 aromatic rings. The van der Waals surface area contributed by atoms with E-state index in [0.29, 0.717) is 17.0 Å². The van der Waals surface area contributed by atoms with Crippen molar-refractivity contribution in [2.24, 2.45) is 5.73 Å². The Morgan fingerprint density at radius 3 is 2.38 bits per heavy atom. The minimum absolute atomic E-state index is 0.132. The third-order valence-electron chi connectivity index (χ3n) is 4.71. The summed E-state index contributed by atoms with van der Waals surface area (Å²) in [7, 11) is 1.60. The number of hydrogen-bond acceptors (Lipinski definition) is 3. The largest absolute Gasteiger partial charge is 0.496 e. The molecule has 1 saturated carbocycles. The number of ether oxygens (including phenoxy) is 1. The van der Waals surface area contributed by atoms with Gasteiger partial charge in [0.15, 0.2) is 0 Å². The van der Waals surface area contributed by atoms with E-state index in [0.717, 1.165) is 24.8 Å². The van der Waals surface area contributed by atoms with Gasteiger partial charge in [-0.2, -0.15) is 0 Å².